The maximum atomic E-state index is 12.0. The van der Waals surface area contributed by atoms with Gasteiger partial charge in [-0.15, -0.1) is 0 Å². The third-order valence-corrected chi connectivity index (χ3v) is 4.12. The van der Waals surface area contributed by atoms with Gasteiger partial charge in [-0.25, -0.2) is 0 Å². The minimum absolute atomic E-state index is 0.0505. The van der Waals surface area contributed by atoms with E-state index in [0.717, 1.165) is 22.4 Å². The molecule has 0 radical (unpaired) electrons. The zero-order valence-corrected chi connectivity index (χ0v) is 15.8. The predicted octanol–water partition coefficient (Wildman–Crippen LogP) is 3.80. The Morgan fingerprint density at radius 3 is 2.43 bits per heavy atom. The molecule has 0 aliphatic heterocycles. The molecule has 1 heterocycles. The molecule has 3 rings (SSSR count). The summed E-state index contributed by atoms with van der Waals surface area (Å²) in [5, 5.41) is 2.80. The summed E-state index contributed by atoms with van der Waals surface area (Å²) in [5.41, 5.74) is 4.22. The molecule has 0 saturated heterocycles. The maximum Gasteiger partial charge on any atom is 0.225 e. The number of aromatic nitrogens is 1. The molecule has 1 N–H and O–H groups in total. The molecule has 4 heteroatoms. The predicted molar refractivity (Wildman–Crippen MR) is 111 cm³/mol. The standard InChI is InChI=1S/C24H22N2O2/c1-19-9-14-23(18-26-19)28-16-6-5-15-25-24(27)17-20-10-12-22(13-11-20)21-7-3-2-4-8-21/h2-4,7-14,18H,15-17H2,1H3,(H,25,27). The highest BCUT2D eigenvalue weighted by molar-refractivity contribution is 5.79. The number of ether oxygens (including phenoxy) is 1. The lowest BCUT2D eigenvalue weighted by Crippen LogP contribution is -2.25. The van der Waals surface area contributed by atoms with Gasteiger partial charge in [0.05, 0.1) is 19.2 Å². The fourth-order valence-corrected chi connectivity index (χ4v) is 2.61. The molecule has 1 aromatic heterocycles. The Hall–Kier alpha value is -3.58. The molecular formula is C24H22N2O2. The smallest absolute Gasteiger partial charge is 0.225 e. The first-order chi connectivity index (χ1) is 13.7. The molecule has 0 atom stereocenters. The van der Waals surface area contributed by atoms with Gasteiger partial charge in [0.2, 0.25) is 5.91 Å². The number of hydrogen-bond acceptors (Lipinski definition) is 3. The van der Waals surface area contributed by atoms with E-state index >= 15 is 0 Å². The molecule has 4 nitrogen and oxygen atoms in total. The van der Waals surface area contributed by atoms with Crippen LogP contribution in [0.3, 0.4) is 0 Å². The molecule has 0 aliphatic carbocycles. The number of aryl methyl sites for hydroxylation is 1. The summed E-state index contributed by atoms with van der Waals surface area (Å²) in [6.07, 6.45) is 2.00. The number of nitrogens with zero attached hydrogens (tertiary/aromatic N) is 1. The summed E-state index contributed by atoms with van der Waals surface area (Å²) in [4.78, 5) is 16.2. The van der Waals surface area contributed by atoms with E-state index in [1.807, 2.05) is 61.5 Å². The largest absolute Gasteiger partial charge is 0.479 e. The van der Waals surface area contributed by atoms with Gasteiger partial charge in [-0.1, -0.05) is 66.4 Å². The summed E-state index contributed by atoms with van der Waals surface area (Å²) >= 11 is 0. The molecule has 140 valence electrons. The van der Waals surface area contributed by atoms with Gasteiger partial charge >= 0.3 is 0 Å². The van der Waals surface area contributed by atoms with E-state index < -0.39 is 0 Å². The van der Waals surface area contributed by atoms with Crippen molar-refractivity contribution < 1.29 is 9.53 Å². The van der Waals surface area contributed by atoms with E-state index in [9.17, 15) is 4.79 Å². The van der Waals surface area contributed by atoms with Gasteiger partial charge in [0.1, 0.15) is 12.4 Å². The number of amides is 1. The lowest BCUT2D eigenvalue weighted by Gasteiger charge is -2.05. The minimum atomic E-state index is -0.0505. The van der Waals surface area contributed by atoms with Crippen molar-refractivity contribution in [3.63, 3.8) is 0 Å². The minimum Gasteiger partial charge on any atom is -0.479 e. The first-order valence-electron chi connectivity index (χ1n) is 9.13. The van der Waals surface area contributed by atoms with Crippen LogP contribution < -0.4 is 10.1 Å². The van der Waals surface area contributed by atoms with Crippen LogP contribution in [0.4, 0.5) is 0 Å². The molecular weight excluding hydrogens is 348 g/mol. The van der Waals surface area contributed by atoms with Crippen LogP contribution in [0.2, 0.25) is 0 Å². The highest BCUT2D eigenvalue weighted by Gasteiger charge is 2.03. The van der Waals surface area contributed by atoms with E-state index in [2.05, 4.69) is 34.3 Å². The van der Waals surface area contributed by atoms with Crippen LogP contribution >= 0.6 is 0 Å². The normalized spacial score (nSPS) is 9.89. The fourth-order valence-electron chi connectivity index (χ4n) is 2.61. The van der Waals surface area contributed by atoms with Crippen LogP contribution in [0.15, 0.2) is 72.9 Å². The number of nitrogens with one attached hydrogen (secondary N) is 1. The van der Waals surface area contributed by atoms with Gasteiger partial charge in [0.15, 0.2) is 0 Å². The first kappa shape index (κ1) is 19.2. The monoisotopic (exact) mass is 370 g/mol. The maximum absolute atomic E-state index is 12.0. The van der Waals surface area contributed by atoms with E-state index in [-0.39, 0.29) is 12.5 Å². The molecule has 0 bridgehead atoms. The van der Waals surface area contributed by atoms with E-state index in [0.29, 0.717) is 18.7 Å². The Bertz CT molecular complexity index is 953. The van der Waals surface area contributed by atoms with Crippen molar-refractivity contribution in [2.75, 3.05) is 13.2 Å². The van der Waals surface area contributed by atoms with Crippen LogP contribution in [-0.4, -0.2) is 24.0 Å². The topological polar surface area (TPSA) is 51.2 Å². The van der Waals surface area contributed by atoms with Crippen LogP contribution in [0.25, 0.3) is 11.1 Å². The quantitative estimate of drug-likeness (QED) is 0.672. The van der Waals surface area contributed by atoms with Crippen molar-refractivity contribution in [1.82, 2.24) is 10.3 Å². The molecule has 1 amide bonds. The molecule has 0 unspecified atom stereocenters. The Morgan fingerprint density at radius 1 is 0.964 bits per heavy atom. The van der Waals surface area contributed by atoms with Crippen LogP contribution in [0.1, 0.15) is 11.3 Å². The van der Waals surface area contributed by atoms with Crippen molar-refractivity contribution in [2.24, 2.45) is 0 Å². The zero-order valence-electron chi connectivity index (χ0n) is 15.8. The number of rotatable bonds is 6. The second-order valence-corrected chi connectivity index (χ2v) is 6.29. The Labute approximate surface area is 165 Å². The number of carbonyl (C=O) groups excluding carboxylic acids is 1. The lowest BCUT2D eigenvalue weighted by atomic mass is 10.0. The Kier molecular flexibility index (Phi) is 6.81. The van der Waals surface area contributed by atoms with E-state index in [1.165, 1.54) is 0 Å². The highest BCUT2D eigenvalue weighted by atomic mass is 16.5. The van der Waals surface area contributed by atoms with Gasteiger partial charge in [-0.2, -0.15) is 0 Å². The summed E-state index contributed by atoms with van der Waals surface area (Å²) in [6.45, 7) is 2.49. The van der Waals surface area contributed by atoms with Crippen LogP contribution in [0, 0.1) is 18.8 Å². The Morgan fingerprint density at radius 2 is 1.71 bits per heavy atom. The number of pyridine rings is 1. The van der Waals surface area contributed by atoms with Crippen molar-refractivity contribution in [3.8, 4) is 28.7 Å². The number of carbonyl (C=O) groups is 1. The molecule has 0 aliphatic rings. The zero-order chi connectivity index (χ0) is 19.6. The third-order valence-electron chi connectivity index (χ3n) is 4.12. The Balaban J connectivity index is 1.39. The van der Waals surface area contributed by atoms with Crippen molar-refractivity contribution in [3.05, 3.63) is 84.2 Å². The number of benzene rings is 2. The van der Waals surface area contributed by atoms with Crippen LogP contribution in [-0.2, 0) is 11.2 Å². The van der Waals surface area contributed by atoms with Gasteiger partial charge in [0.25, 0.3) is 0 Å². The molecule has 0 spiro atoms. The van der Waals surface area contributed by atoms with Gasteiger partial charge in [-0.05, 0) is 35.7 Å². The van der Waals surface area contributed by atoms with Crippen molar-refractivity contribution in [1.29, 1.82) is 0 Å². The second kappa shape index (κ2) is 9.94. The summed E-state index contributed by atoms with van der Waals surface area (Å²) < 4.78 is 5.46. The molecule has 2 aromatic carbocycles. The van der Waals surface area contributed by atoms with Crippen molar-refractivity contribution >= 4 is 5.91 Å². The van der Waals surface area contributed by atoms with Gasteiger partial charge < -0.3 is 10.1 Å². The average Bonchev–Trinajstić information content (AvgIpc) is 2.73. The molecule has 0 fully saturated rings. The van der Waals surface area contributed by atoms with Gasteiger partial charge in [0, 0.05) is 5.69 Å². The molecule has 28 heavy (non-hydrogen) atoms. The van der Waals surface area contributed by atoms with Gasteiger partial charge in [-0.3, -0.25) is 9.78 Å². The SMILES string of the molecule is Cc1ccc(OCC#CCNC(=O)Cc2ccc(-c3ccccc3)cc2)cn1. The summed E-state index contributed by atoms with van der Waals surface area (Å²) in [7, 11) is 0. The molecule has 0 saturated carbocycles. The third kappa shape index (κ3) is 6.00. The average molecular weight is 370 g/mol. The van der Waals surface area contributed by atoms with Crippen molar-refractivity contribution in [2.45, 2.75) is 13.3 Å². The second-order valence-electron chi connectivity index (χ2n) is 6.29. The first-order valence-corrected chi connectivity index (χ1v) is 9.13. The lowest BCUT2D eigenvalue weighted by molar-refractivity contribution is -0.120. The number of hydrogen-bond donors (Lipinski definition) is 1. The molecule has 3 aromatic rings. The fraction of sp³-hybridized carbons (Fsp3) is 0.167. The summed E-state index contributed by atoms with van der Waals surface area (Å²) in [6, 6.07) is 21.9. The van der Waals surface area contributed by atoms with E-state index in [1.54, 1.807) is 6.20 Å². The van der Waals surface area contributed by atoms with E-state index in [4.69, 9.17) is 4.74 Å². The summed E-state index contributed by atoms with van der Waals surface area (Å²) in [5.74, 6) is 6.40. The van der Waals surface area contributed by atoms with Crippen LogP contribution in [0.5, 0.6) is 5.75 Å². The highest BCUT2D eigenvalue weighted by Crippen LogP contribution is 2.19.